The van der Waals surface area contributed by atoms with Gasteiger partial charge in [0.1, 0.15) is 11.6 Å². The molecule has 0 unspecified atom stereocenters. The number of ether oxygens (including phenoxy) is 2. The molecule has 1 amide bonds. The monoisotopic (exact) mass is 407 g/mol. The second-order valence-corrected chi connectivity index (χ2v) is 6.93. The van der Waals surface area contributed by atoms with Crippen molar-refractivity contribution in [3.8, 4) is 17.6 Å². The maximum atomic E-state index is 12.2. The summed E-state index contributed by atoms with van der Waals surface area (Å²) in [6, 6.07) is 17.3. The molecular formula is C24H29N3O3. The normalized spacial score (nSPS) is 11.1. The molecule has 2 aromatic rings. The predicted molar refractivity (Wildman–Crippen MR) is 118 cm³/mol. The number of benzene rings is 2. The zero-order valence-electron chi connectivity index (χ0n) is 17.9. The molecule has 0 aliphatic rings. The summed E-state index contributed by atoms with van der Waals surface area (Å²) >= 11 is 0. The Morgan fingerprint density at radius 2 is 1.83 bits per heavy atom. The Labute approximate surface area is 178 Å². The third-order valence-corrected chi connectivity index (χ3v) is 4.71. The first-order valence-electron chi connectivity index (χ1n) is 9.92. The van der Waals surface area contributed by atoms with Crippen molar-refractivity contribution in [2.45, 2.75) is 12.8 Å². The van der Waals surface area contributed by atoms with Crippen molar-refractivity contribution in [3.63, 3.8) is 0 Å². The molecule has 0 spiro atoms. The quantitative estimate of drug-likeness (QED) is 0.351. The molecule has 2 aromatic carbocycles. The molecule has 0 bridgehead atoms. The van der Waals surface area contributed by atoms with Gasteiger partial charge in [0, 0.05) is 13.1 Å². The minimum atomic E-state index is -0.339. The van der Waals surface area contributed by atoms with Gasteiger partial charge in [-0.05, 0) is 55.8 Å². The lowest BCUT2D eigenvalue weighted by Crippen LogP contribution is -2.29. The van der Waals surface area contributed by atoms with Crippen LogP contribution in [0.2, 0.25) is 0 Å². The van der Waals surface area contributed by atoms with Gasteiger partial charge < -0.3 is 19.7 Å². The molecule has 0 saturated heterocycles. The van der Waals surface area contributed by atoms with Gasteiger partial charge in [0.15, 0.2) is 11.5 Å². The molecule has 30 heavy (non-hydrogen) atoms. The third kappa shape index (κ3) is 7.26. The molecule has 0 radical (unpaired) electrons. The first kappa shape index (κ1) is 23.0. The summed E-state index contributed by atoms with van der Waals surface area (Å²) in [4.78, 5) is 14.4. The van der Waals surface area contributed by atoms with E-state index in [9.17, 15) is 10.1 Å². The van der Waals surface area contributed by atoms with Gasteiger partial charge in [-0.3, -0.25) is 4.79 Å². The molecule has 158 valence electrons. The summed E-state index contributed by atoms with van der Waals surface area (Å²) in [5, 5.41) is 12.1. The molecule has 6 heteroatoms. The number of likely N-dealkylation sites (N-methyl/N-ethyl adjacent to an activating group) is 1. The van der Waals surface area contributed by atoms with Crippen molar-refractivity contribution in [2.24, 2.45) is 0 Å². The van der Waals surface area contributed by atoms with Crippen molar-refractivity contribution in [1.29, 1.82) is 5.26 Å². The van der Waals surface area contributed by atoms with E-state index in [0.29, 0.717) is 6.54 Å². The highest BCUT2D eigenvalue weighted by Crippen LogP contribution is 2.27. The van der Waals surface area contributed by atoms with Crippen molar-refractivity contribution < 1.29 is 14.3 Å². The predicted octanol–water partition coefficient (Wildman–Crippen LogP) is 3.29. The lowest BCUT2D eigenvalue weighted by atomic mass is 10.1. The first-order valence-corrected chi connectivity index (χ1v) is 9.92. The van der Waals surface area contributed by atoms with Crippen LogP contribution in [0.4, 0.5) is 0 Å². The maximum absolute atomic E-state index is 12.2. The Morgan fingerprint density at radius 1 is 1.10 bits per heavy atom. The van der Waals surface area contributed by atoms with Crippen LogP contribution in [0.3, 0.4) is 0 Å². The average Bonchev–Trinajstić information content (AvgIpc) is 2.79. The van der Waals surface area contributed by atoms with Crippen LogP contribution in [0.25, 0.3) is 6.08 Å². The fourth-order valence-corrected chi connectivity index (χ4v) is 2.98. The molecule has 2 rings (SSSR count). The van der Waals surface area contributed by atoms with E-state index in [1.165, 1.54) is 5.56 Å². The number of amides is 1. The van der Waals surface area contributed by atoms with Crippen LogP contribution < -0.4 is 14.8 Å². The van der Waals surface area contributed by atoms with E-state index < -0.39 is 0 Å². The van der Waals surface area contributed by atoms with Gasteiger partial charge in [0.05, 0.1) is 14.2 Å². The molecule has 0 atom stereocenters. The van der Waals surface area contributed by atoms with Crippen molar-refractivity contribution in [3.05, 3.63) is 65.2 Å². The van der Waals surface area contributed by atoms with Gasteiger partial charge in [-0.1, -0.05) is 36.4 Å². The van der Waals surface area contributed by atoms with Crippen LogP contribution in [-0.4, -0.2) is 51.7 Å². The van der Waals surface area contributed by atoms with Gasteiger partial charge >= 0.3 is 0 Å². The summed E-state index contributed by atoms with van der Waals surface area (Å²) in [5.41, 5.74) is 2.12. The molecule has 0 aliphatic carbocycles. The Morgan fingerprint density at radius 3 is 2.50 bits per heavy atom. The molecule has 0 heterocycles. The number of hydrogen-bond donors (Lipinski definition) is 1. The molecule has 0 saturated carbocycles. The SMILES string of the molecule is COc1ccc(CCN(C)CCCNC(=O)/C(C#N)=C/c2ccccc2)cc1OC. The Hall–Kier alpha value is -3.30. The molecular weight excluding hydrogens is 378 g/mol. The molecule has 1 N–H and O–H groups in total. The van der Waals surface area contributed by atoms with E-state index in [1.807, 2.05) is 54.6 Å². The van der Waals surface area contributed by atoms with Crippen molar-refractivity contribution >= 4 is 12.0 Å². The summed E-state index contributed by atoms with van der Waals surface area (Å²) in [7, 11) is 5.31. The van der Waals surface area contributed by atoms with Crippen molar-refractivity contribution in [1.82, 2.24) is 10.2 Å². The van der Waals surface area contributed by atoms with E-state index in [4.69, 9.17) is 9.47 Å². The number of carbonyl (C=O) groups excluding carboxylic acids is 1. The summed E-state index contributed by atoms with van der Waals surface area (Å²) in [6.07, 6.45) is 3.30. The Bertz CT molecular complexity index is 888. The first-order chi connectivity index (χ1) is 14.6. The number of nitrogens with zero attached hydrogens (tertiary/aromatic N) is 2. The molecule has 0 aromatic heterocycles. The van der Waals surface area contributed by atoms with Crippen LogP contribution in [0.5, 0.6) is 11.5 Å². The topological polar surface area (TPSA) is 74.6 Å². The van der Waals surface area contributed by atoms with E-state index in [2.05, 4.69) is 17.3 Å². The largest absolute Gasteiger partial charge is 0.493 e. The second-order valence-electron chi connectivity index (χ2n) is 6.93. The molecule has 0 aliphatic heterocycles. The molecule has 0 fully saturated rings. The van der Waals surface area contributed by atoms with Gasteiger partial charge in [-0.2, -0.15) is 5.26 Å². The minimum Gasteiger partial charge on any atom is -0.493 e. The van der Waals surface area contributed by atoms with Crippen LogP contribution >= 0.6 is 0 Å². The number of nitriles is 1. The highest BCUT2D eigenvalue weighted by atomic mass is 16.5. The number of carbonyl (C=O) groups is 1. The van der Waals surface area contributed by atoms with Crippen molar-refractivity contribution in [2.75, 3.05) is 40.9 Å². The average molecular weight is 408 g/mol. The lowest BCUT2D eigenvalue weighted by Gasteiger charge is -2.17. The number of rotatable bonds is 11. The van der Waals surface area contributed by atoms with E-state index in [0.717, 1.165) is 43.0 Å². The highest BCUT2D eigenvalue weighted by molar-refractivity contribution is 6.01. The zero-order valence-corrected chi connectivity index (χ0v) is 17.9. The van der Waals surface area contributed by atoms with Gasteiger partial charge in [0.2, 0.25) is 0 Å². The van der Waals surface area contributed by atoms with Gasteiger partial charge in [-0.15, -0.1) is 0 Å². The zero-order chi connectivity index (χ0) is 21.8. The van der Waals surface area contributed by atoms with Gasteiger partial charge in [0.25, 0.3) is 5.91 Å². The standard InChI is InChI=1S/C24H29N3O3/c1-27(15-12-20-10-11-22(29-2)23(17-20)30-3)14-7-13-26-24(28)21(18-25)16-19-8-5-4-6-9-19/h4-6,8-11,16-17H,7,12-15H2,1-3H3,(H,26,28)/b21-16+. The highest BCUT2D eigenvalue weighted by Gasteiger charge is 2.09. The minimum absolute atomic E-state index is 0.114. The summed E-state index contributed by atoms with van der Waals surface area (Å²) < 4.78 is 10.6. The van der Waals surface area contributed by atoms with Crippen LogP contribution in [0.1, 0.15) is 17.5 Å². The van der Waals surface area contributed by atoms with E-state index >= 15 is 0 Å². The van der Waals surface area contributed by atoms with Gasteiger partial charge in [-0.25, -0.2) is 0 Å². The molecule has 6 nitrogen and oxygen atoms in total. The fourth-order valence-electron chi connectivity index (χ4n) is 2.98. The number of hydrogen-bond acceptors (Lipinski definition) is 5. The third-order valence-electron chi connectivity index (χ3n) is 4.71. The van der Waals surface area contributed by atoms with Crippen LogP contribution in [-0.2, 0) is 11.2 Å². The Balaban J connectivity index is 1.73. The number of methoxy groups -OCH3 is 2. The number of nitrogens with one attached hydrogen (secondary N) is 1. The lowest BCUT2D eigenvalue weighted by molar-refractivity contribution is -0.117. The second kappa shape index (κ2) is 12.3. The van der Waals surface area contributed by atoms with Crippen LogP contribution in [0.15, 0.2) is 54.1 Å². The van der Waals surface area contributed by atoms with E-state index in [-0.39, 0.29) is 11.5 Å². The van der Waals surface area contributed by atoms with E-state index in [1.54, 1.807) is 20.3 Å². The summed E-state index contributed by atoms with van der Waals surface area (Å²) in [6.45, 7) is 2.26. The smallest absolute Gasteiger partial charge is 0.261 e. The van der Waals surface area contributed by atoms with Crippen LogP contribution in [0, 0.1) is 11.3 Å². The Kier molecular flexibility index (Phi) is 9.43. The summed E-state index contributed by atoms with van der Waals surface area (Å²) in [5.74, 6) is 1.12. The maximum Gasteiger partial charge on any atom is 0.261 e. The fraction of sp³-hybridized carbons (Fsp3) is 0.333.